The molecule has 6 heteroatoms. The van der Waals surface area contributed by atoms with Crippen molar-refractivity contribution in [2.24, 2.45) is 0 Å². The number of hydrogen-bond donors (Lipinski definition) is 1. The number of benzene rings is 1. The van der Waals surface area contributed by atoms with Gasteiger partial charge in [0.05, 0.1) is 11.6 Å². The minimum absolute atomic E-state index is 0.000219. The molecule has 0 aliphatic rings. The van der Waals surface area contributed by atoms with Gasteiger partial charge in [0.15, 0.2) is 0 Å². The summed E-state index contributed by atoms with van der Waals surface area (Å²) < 4.78 is 35.4. The van der Waals surface area contributed by atoms with Crippen molar-refractivity contribution in [2.75, 3.05) is 12.3 Å². The highest BCUT2D eigenvalue weighted by atomic mass is 32.2. The number of nitrogens with zero attached hydrogens (tertiary/aromatic N) is 1. The van der Waals surface area contributed by atoms with Gasteiger partial charge in [0.2, 0.25) is 0 Å². The van der Waals surface area contributed by atoms with E-state index in [1.54, 1.807) is 24.3 Å². The first-order chi connectivity index (χ1) is 8.01. The molecule has 0 aromatic heterocycles. The van der Waals surface area contributed by atoms with Crippen molar-refractivity contribution < 1.29 is 13.2 Å². The van der Waals surface area contributed by atoms with E-state index >= 15 is 0 Å². The van der Waals surface area contributed by atoms with Crippen LogP contribution in [-0.2, 0) is 6.54 Å². The quantitative estimate of drug-likeness (QED) is 0.827. The third-order valence-electron chi connectivity index (χ3n) is 1.96. The Bertz CT molecular complexity index is 381. The molecule has 0 amide bonds. The maximum atomic E-state index is 11.8. The molecule has 17 heavy (non-hydrogen) atoms. The Kier molecular flexibility index (Phi) is 5.32. The van der Waals surface area contributed by atoms with Crippen molar-refractivity contribution in [1.82, 2.24) is 5.32 Å². The van der Waals surface area contributed by atoms with E-state index in [1.807, 2.05) is 6.07 Å². The summed E-state index contributed by atoms with van der Waals surface area (Å²) in [6.07, 6.45) is 0. The van der Waals surface area contributed by atoms with E-state index in [0.717, 1.165) is 5.56 Å². The summed E-state index contributed by atoms with van der Waals surface area (Å²) in [5.41, 5.74) is -2.64. The van der Waals surface area contributed by atoms with E-state index in [4.69, 9.17) is 5.26 Å². The Morgan fingerprint density at radius 2 is 1.88 bits per heavy atom. The maximum Gasteiger partial charge on any atom is 0.441 e. The van der Waals surface area contributed by atoms with E-state index in [2.05, 4.69) is 5.32 Å². The molecule has 0 bridgehead atoms. The summed E-state index contributed by atoms with van der Waals surface area (Å²) >= 11 is -0.0308. The summed E-state index contributed by atoms with van der Waals surface area (Å²) in [6, 6.07) is 8.92. The Balaban J connectivity index is 2.20. The van der Waals surface area contributed by atoms with Gasteiger partial charge in [-0.05, 0) is 29.5 Å². The summed E-state index contributed by atoms with van der Waals surface area (Å²) in [7, 11) is 0. The molecule has 0 fully saturated rings. The zero-order chi connectivity index (χ0) is 12.7. The van der Waals surface area contributed by atoms with Gasteiger partial charge in [0, 0.05) is 18.8 Å². The van der Waals surface area contributed by atoms with Crippen LogP contribution in [0.4, 0.5) is 13.2 Å². The van der Waals surface area contributed by atoms with Crippen molar-refractivity contribution in [3.63, 3.8) is 0 Å². The van der Waals surface area contributed by atoms with Crippen LogP contribution in [0.2, 0.25) is 0 Å². The summed E-state index contributed by atoms with van der Waals surface area (Å²) in [6.45, 7) is 0.800. The van der Waals surface area contributed by atoms with E-state index in [0.29, 0.717) is 18.7 Å². The van der Waals surface area contributed by atoms with E-state index in [1.165, 1.54) is 0 Å². The molecule has 0 saturated heterocycles. The smallest absolute Gasteiger partial charge is 0.312 e. The topological polar surface area (TPSA) is 35.8 Å². The monoisotopic (exact) mass is 260 g/mol. The molecule has 1 aromatic rings. The fraction of sp³-hybridized carbons (Fsp3) is 0.364. The lowest BCUT2D eigenvalue weighted by Crippen LogP contribution is -2.18. The molecule has 0 atom stereocenters. The highest BCUT2D eigenvalue weighted by Crippen LogP contribution is 2.29. The zero-order valence-corrected chi connectivity index (χ0v) is 9.74. The standard InChI is InChI=1S/C11H11F3N2S/c12-11(13,14)17-6-5-16-8-10-3-1-9(7-15)2-4-10/h1-4,16H,5-6,8H2. The normalized spacial score (nSPS) is 11.2. The van der Waals surface area contributed by atoms with Gasteiger partial charge in [-0.1, -0.05) is 12.1 Å². The number of hydrogen-bond acceptors (Lipinski definition) is 3. The summed E-state index contributed by atoms with van der Waals surface area (Å²) in [5.74, 6) is -0.000219. The first-order valence-corrected chi connectivity index (χ1v) is 5.90. The Morgan fingerprint density at radius 3 is 2.41 bits per heavy atom. The lowest BCUT2D eigenvalue weighted by atomic mass is 10.1. The predicted octanol–water partition coefficient (Wildman–Crippen LogP) is 2.90. The molecule has 1 N–H and O–H groups in total. The molecule has 0 spiro atoms. The predicted molar refractivity (Wildman–Crippen MR) is 61.4 cm³/mol. The van der Waals surface area contributed by atoms with Crippen LogP contribution < -0.4 is 5.32 Å². The van der Waals surface area contributed by atoms with Crippen LogP contribution in [0.5, 0.6) is 0 Å². The average Bonchev–Trinajstić information content (AvgIpc) is 2.28. The second-order valence-electron chi connectivity index (χ2n) is 3.28. The number of rotatable bonds is 5. The van der Waals surface area contributed by atoms with Crippen LogP contribution in [0.3, 0.4) is 0 Å². The second kappa shape index (κ2) is 6.52. The average molecular weight is 260 g/mol. The molecule has 1 aromatic carbocycles. The van der Waals surface area contributed by atoms with Gasteiger partial charge in [-0.2, -0.15) is 18.4 Å². The molecule has 92 valence electrons. The Morgan fingerprint density at radius 1 is 1.24 bits per heavy atom. The zero-order valence-electron chi connectivity index (χ0n) is 8.92. The van der Waals surface area contributed by atoms with Crippen molar-refractivity contribution in [2.45, 2.75) is 12.1 Å². The van der Waals surface area contributed by atoms with Crippen LogP contribution in [-0.4, -0.2) is 17.8 Å². The highest BCUT2D eigenvalue weighted by Gasteiger charge is 2.27. The largest absolute Gasteiger partial charge is 0.441 e. The van der Waals surface area contributed by atoms with E-state index < -0.39 is 5.51 Å². The maximum absolute atomic E-state index is 11.8. The van der Waals surface area contributed by atoms with Gasteiger partial charge in [0.25, 0.3) is 0 Å². The van der Waals surface area contributed by atoms with Crippen molar-refractivity contribution in [3.05, 3.63) is 35.4 Å². The second-order valence-corrected chi connectivity index (χ2v) is 4.44. The molecule has 1 rings (SSSR count). The van der Waals surface area contributed by atoms with Crippen LogP contribution in [0.25, 0.3) is 0 Å². The SMILES string of the molecule is N#Cc1ccc(CNCCSC(F)(F)F)cc1. The molecular weight excluding hydrogens is 249 g/mol. The Labute approximate surface area is 102 Å². The molecule has 0 unspecified atom stereocenters. The first kappa shape index (κ1) is 13.9. The van der Waals surface area contributed by atoms with Gasteiger partial charge in [-0.3, -0.25) is 0 Å². The van der Waals surface area contributed by atoms with Crippen molar-refractivity contribution in [1.29, 1.82) is 5.26 Å². The lowest BCUT2D eigenvalue weighted by molar-refractivity contribution is -0.0327. The Hall–Kier alpha value is -1.19. The molecule has 0 heterocycles. The van der Waals surface area contributed by atoms with E-state index in [9.17, 15) is 13.2 Å². The lowest BCUT2D eigenvalue weighted by Gasteiger charge is -2.07. The molecule has 0 radical (unpaired) electrons. The van der Waals surface area contributed by atoms with Crippen LogP contribution in [0.15, 0.2) is 24.3 Å². The summed E-state index contributed by atoms with van der Waals surface area (Å²) in [5, 5.41) is 11.5. The number of alkyl halides is 3. The van der Waals surface area contributed by atoms with Gasteiger partial charge in [-0.25, -0.2) is 0 Å². The molecule has 0 aliphatic carbocycles. The number of thioether (sulfide) groups is 1. The molecule has 0 saturated carbocycles. The minimum atomic E-state index is -4.16. The van der Waals surface area contributed by atoms with Gasteiger partial charge in [-0.15, -0.1) is 0 Å². The van der Waals surface area contributed by atoms with Gasteiger partial charge < -0.3 is 5.32 Å². The highest BCUT2D eigenvalue weighted by molar-refractivity contribution is 8.00. The van der Waals surface area contributed by atoms with Gasteiger partial charge >= 0.3 is 5.51 Å². The number of nitrogens with one attached hydrogen (secondary N) is 1. The molecule has 0 aliphatic heterocycles. The molecular formula is C11H11F3N2S. The minimum Gasteiger partial charge on any atom is -0.312 e. The van der Waals surface area contributed by atoms with Crippen LogP contribution >= 0.6 is 11.8 Å². The van der Waals surface area contributed by atoms with Crippen LogP contribution in [0, 0.1) is 11.3 Å². The molecule has 2 nitrogen and oxygen atoms in total. The third kappa shape index (κ3) is 6.19. The fourth-order valence-electron chi connectivity index (χ4n) is 1.17. The van der Waals surface area contributed by atoms with Gasteiger partial charge in [0.1, 0.15) is 0 Å². The van der Waals surface area contributed by atoms with Crippen molar-refractivity contribution >= 4 is 11.8 Å². The van der Waals surface area contributed by atoms with Crippen molar-refractivity contribution in [3.8, 4) is 6.07 Å². The summed E-state index contributed by atoms with van der Waals surface area (Å²) in [4.78, 5) is 0. The number of halogens is 3. The fourth-order valence-corrected chi connectivity index (χ4v) is 1.65. The first-order valence-electron chi connectivity index (χ1n) is 4.92. The van der Waals surface area contributed by atoms with Crippen LogP contribution in [0.1, 0.15) is 11.1 Å². The third-order valence-corrected chi connectivity index (χ3v) is 2.69. The number of nitriles is 1. The van der Waals surface area contributed by atoms with E-state index in [-0.39, 0.29) is 17.5 Å².